The molecule has 0 aromatic rings. The molecule has 156 valence electrons. The zero-order valence-corrected chi connectivity index (χ0v) is 17.3. The Kier molecular flexibility index (Phi) is 3.56. The van der Waals surface area contributed by atoms with Crippen LogP contribution in [-0.4, -0.2) is 27.6 Å². The second-order valence-corrected chi connectivity index (χ2v) is 11.1. The van der Waals surface area contributed by atoms with Crippen LogP contribution in [-0.2, 0) is 9.59 Å². The monoisotopic (exact) mass is 396 g/mol. The van der Waals surface area contributed by atoms with Gasteiger partial charge in [0.25, 0.3) is 0 Å². The van der Waals surface area contributed by atoms with Crippen LogP contribution in [0.4, 0.5) is 0 Å². The Morgan fingerprint density at radius 3 is 2.69 bits per heavy atom. The van der Waals surface area contributed by atoms with Crippen molar-refractivity contribution in [2.75, 3.05) is 0 Å². The van der Waals surface area contributed by atoms with Crippen molar-refractivity contribution in [3.05, 3.63) is 23.8 Å². The lowest BCUT2D eigenvalue weighted by Crippen LogP contribution is -2.56. The highest BCUT2D eigenvalue weighted by atomic mass is 16.4. The van der Waals surface area contributed by atoms with E-state index in [0.29, 0.717) is 41.8 Å². The summed E-state index contributed by atoms with van der Waals surface area (Å²) in [4.78, 5) is 23.4. The number of ketones is 1. The van der Waals surface area contributed by atoms with Crippen LogP contribution >= 0.6 is 0 Å². The Hall–Kier alpha value is -1.42. The summed E-state index contributed by atoms with van der Waals surface area (Å²) in [6.45, 7) is 2.21. The minimum absolute atomic E-state index is 0.171. The number of aliphatic carboxylic acids is 1. The predicted molar refractivity (Wildman–Crippen MR) is 108 cm³/mol. The normalized spacial score (nSPS) is 51.1. The molecule has 1 spiro atoms. The minimum Gasteiger partial charge on any atom is -0.478 e. The third-order valence-corrected chi connectivity index (χ3v) is 10.4. The van der Waals surface area contributed by atoms with E-state index in [9.17, 15) is 19.8 Å². The SMILES string of the molecule is CC[C@]12CC[C@H]3[C@@H](CC4(CC4)C4=CC(=O)CC[C@@H]43)[C@@H]1[C@H]1C[C@H]1[C@@]2(O)/C=C\C(=O)O. The van der Waals surface area contributed by atoms with Crippen LogP contribution in [0.25, 0.3) is 0 Å². The average molecular weight is 397 g/mol. The van der Waals surface area contributed by atoms with E-state index in [-0.39, 0.29) is 16.7 Å². The van der Waals surface area contributed by atoms with Crippen LogP contribution in [0, 0.1) is 46.3 Å². The van der Waals surface area contributed by atoms with Gasteiger partial charge >= 0.3 is 5.97 Å². The lowest BCUT2D eigenvalue weighted by Gasteiger charge is -2.59. The molecule has 6 aliphatic rings. The molecule has 2 N–H and O–H groups in total. The molecule has 0 aromatic carbocycles. The molecule has 29 heavy (non-hydrogen) atoms. The fraction of sp³-hybridized carbons (Fsp3) is 0.760. The van der Waals surface area contributed by atoms with E-state index in [0.717, 1.165) is 32.1 Å². The predicted octanol–water partition coefficient (Wildman–Crippen LogP) is 4.14. The summed E-state index contributed by atoms with van der Waals surface area (Å²) >= 11 is 0. The van der Waals surface area contributed by atoms with E-state index in [1.165, 1.54) is 30.9 Å². The number of carboxylic acids is 1. The molecule has 0 bridgehead atoms. The van der Waals surface area contributed by atoms with Gasteiger partial charge < -0.3 is 10.2 Å². The number of carbonyl (C=O) groups is 2. The number of hydrogen-bond donors (Lipinski definition) is 2. The molecule has 0 aliphatic heterocycles. The van der Waals surface area contributed by atoms with E-state index >= 15 is 0 Å². The maximum absolute atomic E-state index is 12.2. The van der Waals surface area contributed by atoms with Crippen molar-refractivity contribution in [3.8, 4) is 0 Å². The van der Waals surface area contributed by atoms with E-state index in [4.69, 9.17) is 0 Å². The van der Waals surface area contributed by atoms with Gasteiger partial charge in [-0.2, -0.15) is 0 Å². The van der Waals surface area contributed by atoms with Crippen molar-refractivity contribution in [1.29, 1.82) is 0 Å². The van der Waals surface area contributed by atoms with Gasteiger partial charge in [0.1, 0.15) is 0 Å². The molecule has 0 heterocycles. The molecule has 4 heteroatoms. The largest absolute Gasteiger partial charge is 0.478 e. The molecule has 6 rings (SSSR count). The molecule has 0 saturated heterocycles. The molecule has 5 saturated carbocycles. The van der Waals surface area contributed by atoms with E-state index in [2.05, 4.69) is 6.92 Å². The molecule has 0 aromatic heterocycles. The molecule has 8 atom stereocenters. The van der Waals surface area contributed by atoms with Crippen LogP contribution < -0.4 is 0 Å². The Bertz CT molecular complexity index is 851. The molecule has 6 aliphatic carbocycles. The molecular weight excluding hydrogens is 364 g/mol. The van der Waals surface area contributed by atoms with E-state index in [1.54, 1.807) is 6.08 Å². The van der Waals surface area contributed by atoms with Gasteiger partial charge in [0.2, 0.25) is 0 Å². The second kappa shape index (κ2) is 5.63. The lowest BCUT2D eigenvalue weighted by atomic mass is 9.46. The number of carboxylic acid groups (broad SMARTS) is 1. The Balaban J connectivity index is 1.41. The number of aliphatic hydroxyl groups is 1. The quantitative estimate of drug-likeness (QED) is 0.703. The summed E-state index contributed by atoms with van der Waals surface area (Å²) < 4.78 is 0. The highest BCUT2D eigenvalue weighted by molar-refractivity contribution is 5.91. The zero-order valence-electron chi connectivity index (χ0n) is 17.3. The first-order valence-electron chi connectivity index (χ1n) is 11.7. The summed E-state index contributed by atoms with van der Waals surface area (Å²) in [6.07, 6.45) is 14.3. The highest BCUT2D eigenvalue weighted by Gasteiger charge is 2.77. The van der Waals surface area contributed by atoms with Crippen molar-refractivity contribution >= 4 is 11.8 Å². The minimum atomic E-state index is -0.963. The molecule has 0 amide bonds. The number of fused-ring (bicyclic) bond motifs is 8. The summed E-state index contributed by atoms with van der Waals surface area (Å²) in [5.41, 5.74) is 0.636. The van der Waals surface area contributed by atoms with Crippen molar-refractivity contribution < 1.29 is 19.8 Å². The van der Waals surface area contributed by atoms with E-state index < -0.39 is 11.6 Å². The Labute approximate surface area is 172 Å². The van der Waals surface area contributed by atoms with Crippen molar-refractivity contribution in [1.82, 2.24) is 0 Å². The van der Waals surface area contributed by atoms with Gasteiger partial charge in [-0.1, -0.05) is 12.5 Å². The Morgan fingerprint density at radius 2 is 2.00 bits per heavy atom. The number of allylic oxidation sites excluding steroid dienone is 1. The van der Waals surface area contributed by atoms with Gasteiger partial charge in [0.15, 0.2) is 5.78 Å². The van der Waals surface area contributed by atoms with Gasteiger partial charge in [-0.3, -0.25) is 4.79 Å². The second-order valence-electron chi connectivity index (χ2n) is 11.1. The Morgan fingerprint density at radius 1 is 1.21 bits per heavy atom. The van der Waals surface area contributed by atoms with Crippen molar-refractivity contribution in [2.45, 2.75) is 70.3 Å². The molecule has 5 fully saturated rings. The standard InChI is InChI=1S/C25H32O4/c1-2-24-7-5-15-16-4-3-14(26)11-19(16)23(9-10-23)13-18(15)22(24)17-12-20(17)25(24,29)8-6-21(27)28/h6,8,11,15-18,20,22,29H,2-5,7,9-10,12-13H2,1H3,(H,27,28)/b8-6-/t15-,16-,17+,18-,20-,22+,24+,25+/m1/s1. The van der Waals surface area contributed by atoms with Gasteiger partial charge in [-0.15, -0.1) is 0 Å². The summed E-state index contributed by atoms with van der Waals surface area (Å²) in [6, 6.07) is 0. The first-order valence-corrected chi connectivity index (χ1v) is 11.7. The van der Waals surface area contributed by atoms with Crippen LogP contribution in [0.2, 0.25) is 0 Å². The first-order chi connectivity index (χ1) is 13.9. The third kappa shape index (κ3) is 2.19. The number of carbonyl (C=O) groups excluding carboxylic acids is 1. The van der Waals surface area contributed by atoms with Crippen LogP contribution in [0.1, 0.15) is 64.7 Å². The van der Waals surface area contributed by atoms with Gasteiger partial charge in [-0.05, 0) is 104 Å². The van der Waals surface area contributed by atoms with Gasteiger partial charge in [-0.25, -0.2) is 4.79 Å². The van der Waals surface area contributed by atoms with Gasteiger partial charge in [0, 0.05) is 17.9 Å². The smallest absolute Gasteiger partial charge is 0.328 e. The molecular formula is C25H32O4. The zero-order chi connectivity index (χ0) is 20.2. The summed E-state index contributed by atoms with van der Waals surface area (Å²) in [7, 11) is 0. The van der Waals surface area contributed by atoms with Crippen LogP contribution in [0.5, 0.6) is 0 Å². The number of hydrogen-bond acceptors (Lipinski definition) is 3. The summed E-state index contributed by atoms with van der Waals surface area (Å²) in [5.74, 6) is 2.52. The molecule has 4 nitrogen and oxygen atoms in total. The highest BCUT2D eigenvalue weighted by Crippen LogP contribution is 2.79. The van der Waals surface area contributed by atoms with Crippen molar-refractivity contribution in [3.63, 3.8) is 0 Å². The fourth-order valence-electron chi connectivity index (χ4n) is 9.13. The molecule has 0 radical (unpaired) electrons. The fourth-order valence-corrected chi connectivity index (χ4v) is 9.13. The average Bonchev–Trinajstić information content (AvgIpc) is 3.61. The molecule has 0 unspecified atom stereocenters. The number of rotatable bonds is 3. The van der Waals surface area contributed by atoms with Crippen molar-refractivity contribution in [2.24, 2.45) is 46.3 Å². The maximum atomic E-state index is 12.2. The maximum Gasteiger partial charge on any atom is 0.328 e. The third-order valence-electron chi connectivity index (χ3n) is 10.4. The summed E-state index contributed by atoms with van der Waals surface area (Å²) in [5, 5.41) is 21.1. The first kappa shape index (κ1) is 18.4. The van der Waals surface area contributed by atoms with Crippen LogP contribution in [0.3, 0.4) is 0 Å². The lowest BCUT2D eigenvalue weighted by molar-refractivity contribution is -0.135. The van der Waals surface area contributed by atoms with E-state index in [1.807, 2.05) is 6.08 Å². The topological polar surface area (TPSA) is 74.6 Å². The van der Waals surface area contributed by atoms with Gasteiger partial charge in [0.05, 0.1) is 5.60 Å². The van der Waals surface area contributed by atoms with Crippen LogP contribution in [0.15, 0.2) is 23.8 Å².